The highest BCUT2D eigenvalue weighted by Crippen LogP contribution is 2.13. The molecule has 0 spiro atoms. The summed E-state index contributed by atoms with van der Waals surface area (Å²) >= 11 is 0. The number of hydrogen-bond donors (Lipinski definition) is 1. The Bertz CT molecular complexity index is 841. The molecule has 0 aliphatic rings. The summed E-state index contributed by atoms with van der Waals surface area (Å²) in [5.74, 6) is 0.953. The molecule has 0 radical (unpaired) electrons. The molecule has 0 aliphatic heterocycles. The minimum absolute atomic E-state index is 0.0851. The number of anilines is 1. The number of ether oxygens (including phenoxy) is 1. The summed E-state index contributed by atoms with van der Waals surface area (Å²) in [6.07, 6.45) is 0. The first-order valence-corrected chi connectivity index (χ1v) is 6.56. The van der Waals surface area contributed by atoms with Gasteiger partial charge >= 0.3 is 5.69 Å². The second-order valence-corrected chi connectivity index (χ2v) is 4.74. The number of nitrogens with one attached hydrogen (secondary N) is 1. The summed E-state index contributed by atoms with van der Waals surface area (Å²) in [5, 5.41) is 12.2. The second kappa shape index (κ2) is 6.18. The molecule has 1 aromatic heterocycles. The minimum Gasteiger partial charge on any atom is -0.497 e. The highest BCUT2D eigenvalue weighted by atomic mass is 16.5. The van der Waals surface area contributed by atoms with E-state index in [2.05, 4.69) is 5.32 Å². The van der Waals surface area contributed by atoms with Crippen molar-refractivity contribution >= 4 is 5.82 Å². The van der Waals surface area contributed by atoms with E-state index in [-0.39, 0.29) is 11.4 Å². The summed E-state index contributed by atoms with van der Waals surface area (Å²) in [7, 11) is 4.44. The Morgan fingerprint density at radius 3 is 2.36 bits per heavy atom. The molecule has 0 fully saturated rings. The van der Waals surface area contributed by atoms with Crippen molar-refractivity contribution in [1.29, 1.82) is 5.26 Å². The molecule has 0 saturated carbocycles. The van der Waals surface area contributed by atoms with Gasteiger partial charge in [-0.05, 0) is 17.7 Å². The normalized spacial score (nSPS) is 10.1. The molecule has 7 nitrogen and oxygen atoms in total. The summed E-state index contributed by atoms with van der Waals surface area (Å²) in [6, 6.07) is 9.19. The van der Waals surface area contributed by atoms with Crippen LogP contribution < -0.4 is 21.3 Å². The van der Waals surface area contributed by atoms with Gasteiger partial charge in [0.25, 0.3) is 5.56 Å². The monoisotopic (exact) mass is 300 g/mol. The first-order chi connectivity index (χ1) is 10.5. The molecule has 2 aromatic rings. The quantitative estimate of drug-likeness (QED) is 0.892. The van der Waals surface area contributed by atoms with E-state index in [1.807, 2.05) is 30.3 Å². The van der Waals surface area contributed by atoms with E-state index in [9.17, 15) is 9.59 Å². The first-order valence-electron chi connectivity index (χ1n) is 6.56. The van der Waals surface area contributed by atoms with Crippen LogP contribution in [0.1, 0.15) is 11.1 Å². The Morgan fingerprint density at radius 1 is 1.18 bits per heavy atom. The Balaban J connectivity index is 2.35. The lowest BCUT2D eigenvalue weighted by molar-refractivity contribution is 0.414. The van der Waals surface area contributed by atoms with Crippen LogP contribution >= 0.6 is 0 Å². The van der Waals surface area contributed by atoms with E-state index >= 15 is 0 Å². The molecule has 0 saturated heterocycles. The maximum absolute atomic E-state index is 12.0. The zero-order chi connectivity index (χ0) is 16.3. The van der Waals surface area contributed by atoms with E-state index in [0.717, 1.165) is 15.9 Å². The van der Waals surface area contributed by atoms with Gasteiger partial charge in [-0.2, -0.15) is 5.26 Å². The van der Waals surface area contributed by atoms with Crippen LogP contribution in [0.25, 0.3) is 0 Å². The van der Waals surface area contributed by atoms with E-state index in [4.69, 9.17) is 10.00 Å². The van der Waals surface area contributed by atoms with Crippen molar-refractivity contribution in [2.75, 3.05) is 12.4 Å². The standard InChI is InChI=1S/C15H16N4O3/c1-18-13(12(8-16)14(20)19(2)15(18)21)17-9-10-4-6-11(22-3)7-5-10/h4-7,17H,9H2,1-3H3. The summed E-state index contributed by atoms with van der Waals surface area (Å²) in [6.45, 7) is 0.374. The summed E-state index contributed by atoms with van der Waals surface area (Å²) in [4.78, 5) is 23.9. The number of benzene rings is 1. The van der Waals surface area contributed by atoms with Gasteiger partial charge in [0.15, 0.2) is 5.56 Å². The van der Waals surface area contributed by atoms with E-state index < -0.39 is 11.2 Å². The number of nitrogens with zero attached hydrogens (tertiary/aromatic N) is 3. The Hall–Kier alpha value is -3.01. The molecule has 0 aliphatic carbocycles. The Morgan fingerprint density at radius 2 is 1.82 bits per heavy atom. The van der Waals surface area contributed by atoms with Crippen LogP contribution in [0.3, 0.4) is 0 Å². The molecule has 114 valence electrons. The number of aromatic nitrogens is 2. The van der Waals surface area contributed by atoms with Gasteiger partial charge in [-0.25, -0.2) is 4.79 Å². The van der Waals surface area contributed by atoms with Crippen LogP contribution in [0.15, 0.2) is 33.9 Å². The number of methoxy groups -OCH3 is 1. The highest BCUT2D eigenvalue weighted by Gasteiger charge is 2.14. The van der Waals surface area contributed by atoms with Gasteiger partial charge in [0.1, 0.15) is 17.6 Å². The topological polar surface area (TPSA) is 89.1 Å². The third kappa shape index (κ3) is 2.72. The fraction of sp³-hybridized carbons (Fsp3) is 0.267. The predicted octanol–water partition coefficient (Wildman–Crippen LogP) is 0.576. The number of nitriles is 1. The van der Waals surface area contributed by atoms with Gasteiger partial charge in [0, 0.05) is 20.6 Å². The van der Waals surface area contributed by atoms with Crippen molar-refractivity contribution in [2.24, 2.45) is 14.1 Å². The van der Waals surface area contributed by atoms with Crippen LogP contribution in [0, 0.1) is 11.3 Å². The lowest BCUT2D eigenvalue weighted by atomic mass is 10.2. The van der Waals surface area contributed by atoms with E-state index in [1.165, 1.54) is 18.7 Å². The molecule has 1 N–H and O–H groups in total. The molecule has 22 heavy (non-hydrogen) atoms. The zero-order valence-corrected chi connectivity index (χ0v) is 12.6. The van der Waals surface area contributed by atoms with Crippen molar-refractivity contribution in [2.45, 2.75) is 6.54 Å². The van der Waals surface area contributed by atoms with E-state index in [1.54, 1.807) is 7.11 Å². The fourth-order valence-electron chi connectivity index (χ4n) is 2.08. The van der Waals surface area contributed by atoms with Gasteiger partial charge in [-0.1, -0.05) is 12.1 Å². The second-order valence-electron chi connectivity index (χ2n) is 4.74. The Kier molecular flexibility index (Phi) is 4.32. The molecule has 2 rings (SSSR count). The van der Waals surface area contributed by atoms with Crippen LogP contribution in [0.5, 0.6) is 5.75 Å². The lowest BCUT2D eigenvalue weighted by Crippen LogP contribution is -2.39. The molecule has 1 aromatic carbocycles. The smallest absolute Gasteiger partial charge is 0.332 e. The van der Waals surface area contributed by atoms with Gasteiger partial charge in [0.2, 0.25) is 0 Å². The SMILES string of the molecule is COc1ccc(CNc2c(C#N)c(=O)n(C)c(=O)n2C)cc1. The maximum Gasteiger partial charge on any atom is 0.332 e. The largest absolute Gasteiger partial charge is 0.497 e. The molecule has 1 heterocycles. The number of hydrogen-bond acceptors (Lipinski definition) is 5. The third-order valence-corrected chi connectivity index (χ3v) is 3.40. The molecule has 0 atom stereocenters. The maximum atomic E-state index is 12.0. The highest BCUT2D eigenvalue weighted by molar-refractivity contribution is 5.51. The van der Waals surface area contributed by atoms with Crippen molar-refractivity contribution in [3.05, 3.63) is 56.2 Å². The summed E-state index contributed by atoms with van der Waals surface area (Å²) < 4.78 is 7.25. The van der Waals surface area contributed by atoms with Gasteiger partial charge in [0.05, 0.1) is 7.11 Å². The van der Waals surface area contributed by atoms with Crippen molar-refractivity contribution in [1.82, 2.24) is 9.13 Å². The third-order valence-electron chi connectivity index (χ3n) is 3.40. The molecule has 0 amide bonds. The van der Waals surface area contributed by atoms with Crippen molar-refractivity contribution in [3.8, 4) is 11.8 Å². The van der Waals surface area contributed by atoms with Crippen LogP contribution in [-0.2, 0) is 20.6 Å². The van der Waals surface area contributed by atoms with Gasteiger partial charge in [-0.15, -0.1) is 0 Å². The van der Waals surface area contributed by atoms with Crippen molar-refractivity contribution < 1.29 is 4.74 Å². The van der Waals surface area contributed by atoms with Crippen LogP contribution in [-0.4, -0.2) is 16.2 Å². The van der Waals surface area contributed by atoms with Crippen LogP contribution in [0.2, 0.25) is 0 Å². The molecule has 0 unspecified atom stereocenters. The predicted molar refractivity (Wildman–Crippen MR) is 82.0 cm³/mol. The fourth-order valence-corrected chi connectivity index (χ4v) is 2.08. The van der Waals surface area contributed by atoms with Gasteiger partial charge < -0.3 is 10.1 Å². The first kappa shape index (κ1) is 15.4. The average Bonchev–Trinajstić information content (AvgIpc) is 2.55. The Labute approximate surface area is 127 Å². The van der Waals surface area contributed by atoms with Gasteiger partial charge in [-0.3, -0.25) is 13.9 Å². The van der Waals surface area contributed by atoms with E-state index in [0.29, 0.717) is 6.54 Å². The van der Waals surface area contributed by atoms with Crippen molar-refractivity contribution in [3.63, 3.8) is 0 Å². The zero-order valence-electron chi connectivity index (χ0n) is 12.6. The minimum atomic E-state index is -0.608. The summed E-state index contributed by atoms with van der Waals surface area (Å²) in [5.41, 5.74) is -0.250. The lowest BCUT2D eigenvalue weighted by Gasteiger charge is -2.13. The molecular weight excluding hydrogens is 284 g/mol. The molecule has 0 bridgehead atoms. The average molecular weight is 300 g/mol. The molecular formula is C15H16N4O3. The number of rotatable bonds is 4. The molecule has 7 heteroatoms. The van der Waals surface area contributed by atoms with Crippen LogP contribution in [0.4, 0.5) is 5.82 Å².